The summed E-state index contributed by atoms with van der Waals surface area (Å²) in [5.41, 5.74) is 1.00. The van der Waals surface area contributed by atoms with E-state index in [0.29, 0.717) is 6.04 Å². The minimum absolute atomic E-state index is 0.302. The van der Waals surface area contributed by atoms with Crippen molar-refractivity contribution >= 4 is 21.7 Å². The molecule has 2 heteroatoms. The minimum atomic E-state index is 0.302. The van der Waals surface area contributed by atoms with Gasteiger partial charge in [0, 0.05) is 10.8 Å². The van der Waals surface area contributed by atoms with Gasteiger partial charge in [0.1, 0.15) is 11.3 Å². The highest BCUT2D eigenvalue weighted by Crippen LogP contribution is 2.31. The molecule has 0 fully saturated rings. The number of furan rings is 1. The van der Waals surface area contributed by atoms with E-state index in [1.165, 1.54) is 16.2 Å². The smallest absolute Gasteiger partial charge is 0.142 e. The first-order valence-corrected chi connectivity index (χ1v) is 6.92. The van der Waals surface area contributed by atoms with Crippen LogP contribution in [0.1, 0.15) is 31.6 Å². The van der Waals surface area contributed by atoms with Crippen LogP contribution in [0.2, 0.25) is 0 Å². The summed E-state index contributed by atoms with van der Waals surface area (Å²) in [7, 11) is 1.99. The fourth-order valence-corrected chi connectivity index (χ4v) is 2.68. The molecule has 0 saturated carbocycles. The molecule has 3 aromatic rings. The Morgan fingerprint density at radius 1 is 1.11 bits per heavy atom. The Morgan fingerprint density at radius 2 is 1.89 bits per heavy atom. The molecule has 0 aliphatic heterocycles. The first kappa shape index (κ1) is 12.2. The van der Waals surface area contributed by atoms with Crippen molar-refractivity contribution in [1.29, 1.82) is 0 Å². The number of rotatable bonds is 4. The number of hydrogen-bond donors (Lipinski definition) is 1. The van der Waals surface area contributed by atoms with Gasteiger partial charge in [-0.3, -0.25) is 0 Å². The second-order valence-electron chi connectivity index (χ2n) is 4.98. The van der Waals surface area contributed by atoms with Crippen molar-refractivity contribution in [2.45, 2.75) is 25.8 Å². The van der Waals surface area contributed by atoms with E-state index < -0.39 is 0 Å². The number of fused-ring (bicyclic) bond motifs is 3. The van der Waals surface area contributed by atoms with Gasteiger partial charge in [0.2, 0.25) is 0 Å². The Labute approximate surface area is 113 Å². The quantitative estimate of drug-likeness (QED) is 0.732. The molecule has 1 heterocycles. The zero-order chi connectivity index (χ0) is 13.2. The Balaban J connectivity index is 2.17. The van der Waals surface area contributed by atoms with E-state index in [2.05, 4.69) is 54.7 Å². The summed E-state index contributed by atoms with van der Waals surface area (Å²) in [6.45, 7) is 2.20. The highest BCUT2D eigenvalue weighted by atomic mass is 16.3. The fraction of sp³-hybridized carbons (Fsp3) is 0.294. The van der Waals surface area contributed by atoms with Crippen LogP contribution in [-0.2, 0) is 0 Å². The molecule has 0 bridgehead atoms. The van der Waals surface area contributed by atoms with Gasteiger partial charge in [-0.25, -0.2) is 0 Å². The van der Waals surface area contributed by atoms with Crippen molar-refractivity contribution in [3.63, 3.8) is 0 Å². The first-order chi connectivity index (χ1) is 9.33. The zero-order valence-corrected chi connectivity index (χ0v) is 11.4. The van der Waals surface area contributed by atoms with Gasteiger partial charge in [-0.15, -0.1) is 0 Å². The highest BCUT2D eigenvalue weighted by molar-refractivity contribution is 6.04. The molecule has 1 unspecified atom stereocenters. The summed E-state index contributed by atoms with van der Waals surface area (Å²) in [6.07, 6.45) is 2.23. The second-order valence-corrected chi connectivity index (χ2v) is 4.98. The summed E-state index contributed by atoms with van der Waals surface area (Å²) in [4.78, 5) is 0. The third-order valence-electron chi connectivity index (χ3n) is 3.70. The maximum absolute atomic E-state index is 6.12. The second kappa shape index (κ2) is 5.06. The number of benzene rings is 2. The maximum Gasteiger partial charge on any atom is 0.142 e. The van der Waals surface area contributed by atoms with Gasteiger partial charge in [0.25, 0.3) is 0 Å². The molecule has 1 N–H and O–H groups in total. The Kier molecular flexibility index (Phi) is 3.26. The highest BCUT2D eigenvalue weighted by Gasteiger charge is 2.14. The zero-order valence-electron chi connectivity index (χ0n) is 11.4. The van der Waals surface area contributed by atoms with Gasteiger partial charge in [0.05, 0.1) is 6.04 Å². The summed E-state index contributed by atoms with van der Waals surface area (Å²) >= 11 is 0. The van der Waals surface area contributed by atoms with Crippen molar-refractivity contribution in [3.8, 4) is 0 Å². The van der Waals surface area contributed by atoms with Crippen LogP contribution in [0.4, 0.5) is 0 Å². The van der Waals surface area contributed by atoms with Crippen LogP contribution in [0.25, 0.3) is 21.7 Å². The molecule has 0 aliphatic rings. The van der Waals surface area contributed by atoms with Gasteiger partial charge in [-0.05, 0) is 24.9 Å². The van der Waals surface area contributed by atoms with E-state index in [1.54, 1.807) is 0 Å². The molecular formula is C17H19NO. The van der Waals surface area contributed by atoms with E-state index in [-0.39, 0.29) is 0 Å². The van der Waals surface area contributed by atoms with Crippen molar-refractivity contribution in [2.75, 3.05) is 7.05 Å². The molecule has 1 aromatic heterocycles. The van der Waals surface area contributed by atoms with Crippen LogP contribution in [0, 0.1) is 0 Å². The lowest BCUT2D eigenvalue weighted by Gasteiger charge is -2.11. The van der Waals surface area contributed by atoms with Crippen LogP contribution in [0.5, 0.6) is 0 Å². The van der Waals surface area contributed by atoms with Crippen LogP contribution in [0.15, 0.2) is 46.9 Å². The fourth-order valence-electron chi connectivity index (χ4n) is 2.68. The summed E-state index contributed by atoms with van der Waals surface area (Å²) in [5.74, 6) is 1.04. The van der Waals surface area contributed by atoms with Crippen molar-refractivity contribution in [3.05, 3.63) is 48.2 Å². The van der Waals surface area contributed by atoms with Crippen LogP contribution >= 0.6 is 0 Å². The van der Waals surface area contributed by atoms with E-state index in [0.717, 1.165) is 24.2 Å². The predicted octanol–water partition coefficient (Wildman–Crippen LogP) is 4.65. The summed E-state index contributed by atoms with van der Waals surface area (Å²) in [6, 6.07) is 15.1. The molecule has 3 rings (SSSR count). The SMILES string of the molecule is CCCC(NC)c1cc2ccc3ccccc3c2o1. The molecule has 0 radical (unpaired) electrons. The first-order valence-electron chi connectivity index (χ1n) is 6.92. The lowest BCUT2D eigenvalue weighted by atomic mass is 10.1. The van der Waals surface area contributed by atoms with Crippen molar-refractivity contribution in [1.82, 2.24) is 5.32 Å². The van der Waals surface area contributed by atoms with Gasteiger partial charge in [-0.2, -0.15) is 0 Å². The maximum atomic E-state index is 6.12. The predicted molar refractivity (Wildman–Crippen MR) is 80.4 cm³/mol. The molecule has 2 aromatic carbocycles. The molecule has 0 aliphatic carbocycles. The monoisotopic (exact) mass is 253 g/mol. The largest absolute Gasteiger partial charge is 0.459 e. The molecule has 98 valence electrons. The average molecular weight is 253 g/mol. The number of hydrogen-bond acceptors (Lipinski definition) is 2. The third-order valence-corrected chi connectivity index (χ3v) is 3.70. The molecule has 2 nitrogen and oxygen atoms in total. The van der Waals surface area contributed by atoms with Crippen LogP contribution in [-0.4, -0.2) is 7.05 Å². The average Bonchev–Trinajstić information content (AvgIpc) is 2.89. The minimum Gasteiger partial charge on any atom is -0.459 e. The molecule has 19 heavy (non-hydrogen) atoms. The Morgan fingerprint density at radius 3 is 2.68 bits per heavy atom. The number of nitrogens with one attached hydrogen (secondary N) is 1. The van der Waals surface area contributed by atoms with Gasteiger partial charge in [-0.1, -0.05) is 49.7 Å². The van der Waals surface area contributed by atoms with Crippen LogP contribution in [0.3, 0.4) is 0 Å². The van der Waals surface area contributed by atoms with E-state index >= 15 is 0 Å². The molecule has 0 spiro atoms. The molecule has 0 saturated heterocycles. The van der Waals surface area contributed by atoms with Gasteiger partial charge in [0.15, 0.2) is 0 Å². The van der Waals surface area contributed by atoms with Gasteiger partial charge >= 0.3 is 0 Å². The third kappa shape index (κ3) is 2.13. The topological polar surface area (TPSA) is 25.2 Å². The summed E-state index contributed by atoms with van der Waals surface area (Å²) < 4.78 is 6.12. The Bertz CT molecular complexity index is 699. The van der Waals surface area contributed by atoms with Crippen LogP contribution < -0.4 is 5.32 Å². The lowest BCUT2D eigenvalue weighted by molar-refractivity contribution is 0.431. The molecule has 1 atom stereocenters. The van der Waals surface area contributed by atoms with Crippen molar-refractivity contribution < 1.29 is 4.42 Å². The van der Waals surface area contributed by atoms with E-state index in [4.69, 9.17) is 4.42 Å². The lowest BCUT2D eigenvalue weighted by Crippen LogP contribution is -2.15. The molecular weight excluding hydrogens is 234 g/mol. The van der Waals surface area contributed by atoms with E-state index in [9.17, 15) is 0 Å². The summed E-state index contributed by atoms with van der Waals surface area (Å²) in [5, 5.41) is 6.94. The molecule has 0 amide bonds. The standard InChI is InChI=1S/C17H19NO/c1-3-6-15(18-2)16-11-13-10-9-12-7-4-5-8-14(12)17(13)19-16/h4-5,7-11,15,18H,3,6H2,1-2H3. The van der Waals surface area contributed by atoms with Gasteiger partial charge < -0.3 is 9.73 Å². The normalized spacial score (nSPS) is 13.2. The van der Waals surface area contributed by atoms with Crippen molar-refractivity contribution in [2.24, 2.45) is 0 Å². The van der Waals surface area contributed by atoms with E-state index in [1.807, 2.05) is 7.05 Å². The Hall–Kier alpha value is -1.80.